The van der Waals surface area contributed by atoms with Gasteiger partial charge in [0.25, 0.3) is 0 Å². The molecule has 8 N–H and O–H groups in total. The molecule has 0 aliphatic heterocycles. The van der Waals surface area contributed by atoms with E-state index >= 15 is 0 Å². The summed E-state index contributed by atoms with van der Waals surface area (Å²) in [5.74, 6) is 2.72. The van der Waals surface area contributed by atoms with E-state index in [1.807, 2.05) is 18.2 Å². The monoisotopic (exact) mass is 482 g/mol. The molecule has 0 aliphatic rings. The minimum atomic E-state index is -0.244. The molecule has 0 amide bonds. The van der Waals surface area contributed by atoms with Gasteiger partial charge in [-0.15, -0.1) is 0 Å². The van der Waals surface area contributed by atoms with Crippen LogP contribution in [-0.4, -0.2) is 0 Å². The molecule has 0 bridgehead atoms. The van der Waals surface area contributed by atoms with E-state index in [2.05, 4.69) is 52.0 Å². The minimum absolute atomic E-state index is 0.244. The summed E-state index contributed by atoms with van der Waals surface area (Å²) in [6, 6.07) is 23.0. The van der Waals surface area contributed by atoms with E-state index in [9.17, 15) is 0 Å². The van der Waals surface area contributed by atoms with Gasteiger partial charge in [-0.25, -0.2) is 0 Å². The molecule has 36 heavy (non-hydrogen) atoms. The van der Waals surface area contributed by atoms with Crippen LogP contribution in [0.25, 0.3) is 0 Å². The molecule has 4 aromatic carbocycles. The number of ether oxygens (including phenoxy) is 2. The Labute approximate surface area is 212 Å². The van der Waals surface area contributed by atoms with Crippen molar-refractivity contribution in [1.82, 2.24) is 0 Å². The summed E-state index contributed by atoms with van der Waals surface area (Å²) < 4.78 is 12.2. The van der Waals surface area contributed by atoms with Crippen molar-refractivity contribution in [3.8, 4) is 23.0 Å². The number of aryl methyl sites for hydroxylation is 2. The van der Waals surface area contributed by atoms with E-state index in [0.717, 1.165) is 28.9 Å². The smallest absolute Gasteiger partial charge is 0.150 e. The maximum atomic E-state index is 6.26. The molecule has 0 fully saturated rings. The fourth-order valence-electron chi connectivity index (χ4n) is 4.28. The Morgan fingerprint density at radius 3 is 1.75 bits per heavy atom. The number of nitrogen functional groups attached to an aromatic ring is 4. The number of benzene rings is 4. The van der Waals surface area contributed by atoms with Crippen molar-refractivity contribution in [2.75, 3.05) is 22.9 Å². The van der Waals surface area contributed by atoms with Crippen molar-refractivity contribution < 1.29 is 9.47 Å². The molecule has 0 unspecified atom stereocenters. The first-order valence-electron chi connectivity index (χ1n) is 12.0. The molecule has 0 saturated heterocycles. The van der Waals surface area contributed by atoms with Crippen molar-refractivity contribution in [1.29, 1.82) is 0 Å². The molecule has 0 heterocycles. The summed E-state index contributed by atoms with van der Waals surface area (Å²) in [4.78, 5) is 0. The van der Waals surface area contributed by atoms with E-state index < -0.39 is 0 Å². The van der Waals surface area contributed by atoms with E-state index in [-0.39, 0.29) is 5.41 Å². The molecule has 6 heteroatoms. The predicted octanol–water partition coefficient (Wildman–Crippen LogP) is 6.80. The highest BCUT2D eigenvalue weighted by Crippen LogP contribution is 2.40. The van der Waals surface area contributed by atoms with Gasteiger partial charge in [0.1, 0.15) is 23.0 Å². The fraction of sp³-hybridized carbons (Fsp3) is 0.200. The van der Waals surface area contributed by atoms with Crippen LogP contribution in [0.5, 0.6) is 23.0 Å². The second-order valence-electron chi connectivity index (χ2n) is 9.58. The largest absolute Gasteiger partial charge is 0.455 e. The highest BCUT2D eigenvalue weighted by atomic mass is 16.5. The molecule has 0 aromatic heterocycles. The zero-order chi connectivity index (χ0) is 26.0. The lowest BCUT2D eigenvalue weighted by Crippen LogP contribution is -2.19. The third-order valence-corrected chi connectivity index (χ3v) is 6.54. The average Bonchev–Trinajstić information content (AvgIpc) is 2.83. The van der Waals surface area contributed by atoms with Gasteiger partial charge in [-0.3, -0.25) is 0 Å². The first-order valence-corrected chi connectivity index (χ1v) is 12.0. The quantitative estimate of drug-likeness (QED) is 0.215. The normalized spacial score (nSPS) is 11.3. The van der Waals surface area contributed by atoms with E-state index in [1.165, 1.54) is 5.56 Å². The summed E-state index contributed by atoms with van der Waals surface area (Å²) in [7, 11) is 0. The van der Waals surface area contributed by atoms with Crippen molar-refractivity contribution in [3.05, 3.63) is 95.1 Å². The third kappa shape index (κ3) is 5.03. The van der Waals surface area contributed by atoms with Crippen LogP contribution in [0, 0.1) is 6.92 Å². The lowest BCUT2D eigenvalue weighted by atomic mass is 9.77. The first kappa shape index (κ1) is 24.8. The minimum Gasteiger partial charge on any atom is -0.455 e. The van der Waals surface area contributed by atoms with Gasteiger partial charge in [0.2, 0.25) is 0 Å². The average molecular weight is 483 g/mol. The summed E-state index contributed by atoms with van der Waals surface area (Å²) in [6.07, 6.45) is 0.824. The molecule has 4 rings (SSSR count). The lowest BCUT2D eigenvalue weighted by molar-refractivity contribution is 0.474. The third-order valence-electron chi connectivity index (χ3n) is 6.54. The number of hydrogen-bond acceptors (Lipinski definition) is 6. The van der Waals surface area contributed by atoms with Crippen LogP contribution in [0.15, 0.2) is 72.8 Å². The molecule has 0 saturated carbocycles. The highest BCUT2D eigenvalue weighted by Gasteiger charge is 2.25. The number of hydrogen-bond donors (Lipinski definition) is 4. The number of rotatable bonds is 7. The van der Waals surface area contributed by atoms with Crippen LogP contribution in [0.2, 0.25) is 0 Å². The summed E-state index contributed by atoms with van der Waals surface area (Å²) in [5, 5.41) is 0. The van der Waals surface area contributed by atoms with Gasteiger partial charge >= 0.3 is 0 Å². The molecule has 6 nitrogen and oxygen atoms in total. The molecular formula is C30H34N4O2. The summed E-state index contributed by atoms with van der Waals surface area (Å²) in [5.41, 5.74) is 30.3. The molecule has 0 radical (unpaired) electrons. The SMILES string of the molecule is CCc1cc(C(C)(C)c2ccc(Oc3ccc(N)cc3N)cc2)cc(C)c1Oc1ccc(N)cc1N. The first-order chi connectivity index (χ1) is 17.1. The van der Waals surface area contributed by atoms with Crippen LogP contribution in [0.1, 0.15) is 43.0 Å². The van der Waals surface area contributed by atoms with E-state index in [4.69, 9.17) is 32.4 Å². The van der Waals surface area contributed by atoms with Crippen LogP contribution >= 0.6 is 0 Å². The van der Waals surface area contributed by atoms with Crippen molar-refractivity contribution in [3.63, 3.8) is 0 Å². The maximum Gasteiger partial charge on any atom is 0.150 e. The summed E-state index contributed by atoms with van der Waals surface area (Å²) >= 11 is 0. The van der Waals surface area contributed by atoms with Gasteiger partial charge in [-0.05, 0) is 84.1 Å². The summed E-state index contributed by atoms with van der Waals surface area (Å²) in [6.45, 7) is 8.62. The lowest BCUT2D eigenvalue weighted by Gasteiger charge is -2.28. The van der Waals surface area contributed by atoms with E-state index in [1.54, 1.807) is 30.3 Å². The van der Waals surface area contributed by atoms with Gasteiger partial charge in [0, 0.05) is 16.8 Å². The van der Waals surface area contributed by atoms with Crippen LogP contribution in [0.4, 0.5) is 22.7 Å². The Bertz CT molecular complexity index is 1400. The van der Waals surface area contributed by atoms with Crippen LogP contribution in [0.3, 0.4) is 0 Å². The molecular weight excluding hydrogens is 448 g/mol. The van der Waals surface area contributed by atoms with Gasteiger partial charge in [-0.2, -0.15) is 0 Å². The number of nitrogens with two attached hydrogens (primary N) is 4. The Hall–Kier alpha value is -4.32. The van der Waals surface area contributed by atoms with Crippen LogP contribution < -0.4 is 32.4 Å². The Balaban J connectivity index is 1.61. The molecule has 0 spiro atoms. The van der Waals surface area contributed by atoms with Gasteiger partial charge in [0.05, 0.1) is 11.4 Å². The van der Waals surface area contributed by atoms with Crippen molar-refractivity contribution >= 4 is 22.7 Å². The molecule has 0 atom stereocenters. The van der Waals surface area contributed by atoms with Crippen molar-refractivity contribution in [2.45, 2.75) is 39.5 Å². The van der Waals surface area contributed by atoms with Gasteiger partial charge < -0.3 is 32.4 Å². The maximum absolute atomic E-state index is 6.26. The van der Waals surface area contributed by atoms with Crippen LogP contribution in [-0.2, 0) is 11.8 Å². The Morgan fingerprint density at radius 2 is 1.22 bits per heavy atom. The van der Waals surface area contributed by atoms with E-state index in [0.29, 0.717) is 40.0 Å². The standard InChI is InChI=1S/C30H34N4O2/c1-5-19-15-21(14-18(2)29(19)36-28-13-9-23(32)17-26(28)34)30(3,4)20-6-10-24(11-7-20)35-27-12-8-22(31)16-25(27)33/h6-17H,5,31-34H2,1-4H3. The molecule has 4 aromatic rings. The predicted molar refractivity (Wildman–Crippen MR) is 150 cm³/mol. The fourth-order valence-corrected chi connectivity index (χ4v) is 4.28. The second kappa shape index (κ2) is 9.74. The van der Waals surface area contributed by atoms with Gasteiger partial charge in [-0.1, -0.05) is 45.0 Å². The Kier molecular flexibility index (Phi) is 6.71. The second-order valence-corrected chi connectivity index (χ2v) is 9.58. The Morgan fingerprint density at radius 1 is 0.667 bits per heavy atom. The molecule has 0 aliphatic carbocycles. The topological polar surface area (TPSA) is 123 Å². The zero-order valence-corrected chi connectivity index (χ0v) is 21.3. The molecule has 186 valence electrons. The van der Waals surface area contributed by atoms with Gasteiger partial charge in [0.15, 0.2) is 0 Å². The number of anilines is 4. The highest BCUT2D eigenvalue weighted by molar-refractivity contribution is 5.63. The zero-order valence-electron chi connectivity index (χ0n) is 21.3. The van der Waals surface area contributed by atoms with Crippen molar-refractivity contribution in [2.24, 2.45) is 0 Å².